The summed E-state index contributed by atoms with van der Waals surface area (Å²) in [5.74, 6) is 0.368. The summed E-state index contributed by atoms with van der Waals surface area (Å²) in [4.78, 5) is 25.6. The molecule has 1 amide bonds. The van der Waals surface area contributed by atoms with Crippen molar-refractivity contribution < 1.29 is 18.0 Å². The van der Waals surface area contributed by atoms with Crippen LogP contribution in [0, 0.1) is 0 Å². The van der Waals surface area contributed by atoms with Crippen LogP contribution in [0.5, 0.6) is 0 Å². The van der Waals surface area contributed by atoms with Gasteiger partial charge in [0.1, 0.15) is 6.29 Å². The molecule has 0 spiro atoms. The van der Waals surface area contributed by atoms with Gasteiger partial charge in [0.2, 0.25) is 0 Å². The number of hydrogen-bond donors (Lipinski definition) is 3. The smallest absolute Gasteiger partial charge is 0.269 e. The number of thiophene rings is 1. The van der Waals surface area contributed by atoms with Crippen LogP contribution in [0.4, 0.5) is 0 Å². The second-order valence-electron chi connectivity index (χ2n) is 7.13. The van der Waals surface area contributed by atoms with Crippen LogP contribution < -0.4 is 15.6 Å². The Morgan fingerprint density at radius 1 is 1.12 bits per heavy atom. The average Bonchev–Trinajstić information content (AvgIpc) is 3.37. The Labute approximate surface area is 211 Å². The summed E-state index contributed by atoms with van der Waals surface area (Å²) in [6, 6.07) is 17.4. The number of carbonyl (C=O) groups is 2. The molecule has 3 rings (SSSR count). The molecule has 1 unspecified atom stereocenters. The number of aldehydes is 1. The van der Waals surface area contributed by atoms with Crippen molar-refractivity contribution in [1.29, 1.82) is 0 Å². The number of benzene rings is 2. The van der Waals surface area contributed by atoms with Gasteiger partial charge in [-0.15, -0.1) is 11.3 Å². The third kappa shape index (κ3) is 7.97. The van der Waals surface area contributed by atoms with Crippen molar-refractivity contribution in [3.05, 3.63) is 76.5 Å². The molecule has 180 valence electrons. The van der Waals surface area contributed by atoms with Crippen LogP contribution in [0.15, 0.2) is 70.9 Å². The highest BCUT2D eigenvalue weighted by molar-refractivity contribution is 8.71. The lowest BCUT2D eigenvalue weighted by Crippen LogP contribution is -2.45. The van der Waals surface area contributed by atoms with Gasteiger partial charge >= 0.3 is 0 Å². The first-order valence-corrected chi connectivity index (χ1v) is 15.4. The molecule has 0 aliphatic heterocycles. The van der Waals surface area contributed by atoms with Crippen LogP contribution in [0.3, 0.4) is 0 Å². The lowest BCUT2D eigenvalue weighted by molar-refractivity contribution is -0.109. The SMILES string of the molecule is CSCCC(C=O)NNC(=O)c1ccc(SS(=O)(=O)NCc2cccs2)cc1-c1ccccc1. The van der Waals surface area contributed by atoms with Crippen molar-refractivity contribution in [1.82, 2.24) is 15.6 Å². The molecule has 0 bridgehead atoms. The van der Waals surface area contributed by atoms with Gasteiger partial charge in [-0.3, -0.25) is 10.2 Å². The van der Waals surface area contributed by atoms with Crippen LogP contribution in [0.1, 0.15) is 21.7 Å². The molecule has 1 atom stereocenters. The predicted octanol–water partition coefficient (Wildman–Crippen LogP) is 4.10. The highest BCUT2D eigenvalue weighted by atomic mass is 33.1. The third-order valence-electron chi connectivity index (χ3n) is 4.70. The van der Waals surface area contributed by atoms with Gasteiger partial charge in [-0.25, -0.2) is 18.6 Å². The van der Waals surface area contributed by atoms with E-state index in [1.54, 1.807) is 30.0 Å². The number of hydrazine groups is 1. The molecule has 0 radical (unpaired) electrons. The second-order valence-corrected chi connectivity index (χ2v) is 12.8. The Kier molecular flexibility index (Phi) is 10.2. The first kappa shape index (κ1) is 26.5. The second kappa shape index (κ2) is 13.1. The van der Waals surface area contributed by atoms with Crippen LogP contribution in [0.25, 0.3) is 11.1 Å². The lowest BCUT2D eigenvalue weighted by atomic mass is 9.99. The van der Waals surface area contributed by atoms with Gasteiger partial charge in [0.15, 0.2) is 0 Å². The maximum atomic E-state index is 12.9. The summed E-state index contributed by atoms with van der Waals surface area (Å²) in [5, 5.41) is 1.89. The van der Waals surface area contributed by atoms with E-state index < -0.39 is 21.0 Å². The van der Waals surface area contributed by atoms with Crippen molar-refractivity contribution in [2.45, 2.75) is 23.9 Å². The number of hydrogen-bond acceptors (Lipinski definition) is 8. The maximum absolute atomic E-state index is 12.9. The topological polar surface area (TPSA) is 104 Å². The first-order valence-electron chi connectivity index (χ1n) is 10.3. The number of carbonyl (C=O) groups excluding carboxylic acids is 2. The number of nitrogens with one attached hydrogen (secondary N) is 3. The number of amides is 1. The van der Waals surface area contributed by atoms with E-state index in [1.807, 2.05) is 54.1 Å². The summed E-state index contributed by atoms with van der Waals surface area (Å²) in [6.45, 7) is 0.221. The molecular weight excluding hydrogens is 511 g/mol. The van der Waals surface area contributed by atoms with Crippen molar-refractivity contribution >= 4 is 55.1 Å². The molecule has 1 heterocycles. The highest BCUT2D eigenvalue weighted by Gasteiger charge is 2.18. The first-order chi connectivity index (χ1) is 16.4. The zero-order chi connectivity index (χ0) is 24.4. The Morgan fingerprint density at radius 3 is 2.59 bits per heavy atom. The third-order valence-corrected chi connectivity index (χ3v) is 8.97. The molecule has 34 heavy (non-hydrogen) atoms. The molecule has 0 saturated heterocycles. The summed E-state index contributed by atoms with van der Waals surface area (Å²) in [6.07, 6.45) is 3.30. The number of rotatable bonds is 13. The van der Waals surface area contributed by atoms with E-state index in [2.05, 4.69) is 15.6 Å². The van der Waals surface area contributed by atoms with Gasteiger partial charge in [-0.1, -0.05) is 36.4 Å². The summed E-state index contributed by atoms with van der Waals surface area (Å²) in [5.41, 5.74) is 7.10. The Balaban J connectivity index is 1.79. The van der Waals surface area contributed by atoms with Gasteiger partial charge in [0, 0.05) is 32.7 Å². The fourth-order valence-electron chi connectivity index (χ4n) is 3.00. The van der Waals surface area contributed by atoms with E-state index in [-0.39, 0.29) is 6.54 Å². The highest BCUT2D eigenvalue weighted by Crippen LogP contribution is 2.31. The van der Waals surface area contributed by atoms with Gasteiger partial charge in [-0.2, -0.15) is 11.8 Å². The lowest BCUT2D eigenvalue weighted by Gasteiger charge is -2.16. The van der Waals surface area contributed by atoms with Gasteiger partial charge in [0.05, 0.1) is 6.04 Å². The van der Waals surface area contributed by atoms with Crippen molar-refractivity contribution in [3.8, 4) is 11.1 Å². The van der Waals surface area contributed by atoms with Crippen molar-refractivity contribution in [3.63, 3.8) is 0 Å². The molecule has 7 nitrogen and oxygen atoms in total. The summed E-state index contributed by atoms with van der Waals surface area (Å²) in [7, 11) is -2.96. The minimum absolute atomic E-state index is 0.221. The van der Waals surface area contributed by atoms with Crippen LogP contribution in [-0.4, -0.2) is 38.7 Å². The van der Waals surface area contributed by atoms with Gasteiger partial charge in [-0.05, 0) is 59.2 Å². The van der Waals surface area contributed by atoms with Gasteiger partial charge < -0.3 is 4.79 Å². The Bertz CT molecular complexity index is 1190. The maximum Gasteiger partial charge on any atom is 0.269 e. The van der Waals surface area contributed by atoms with Crippen molar-refractivity contribution in [2.24, 2.45) is 0 Å². The average molecular weight is 536 g/mol. The van der Waals surface area contributed by atoms with Gasteiger partial charge in [0.25, 0.3) is 15.0 Å². The molecule has 0 fully saturated rings. The van der Waals surface area contributed by atoms with Crippen LogP contribution in [-0.2, 0) is 20.4 Å². The molecule has 11 heteroatoms. The van der Waals surface area contributed by atoms with E-state index >= 15 is 0 Å². The minimum atomic E-state index is -3.66. The van der Waals surface area contributed by atoms with E-state index in [4.69, 9.17) is 0 Å². The number of thioether (sulfide) groups is 1. The van der Waals surface area contributed by atoms with E-state index in [0.717, 1.165) is 22.5 Å². The molecule has 0 aliphatic carbocycles. The zero-order valence-electron chi connectivity index (χ0n) is 18.4. The summed E-state index contributed by atoms with van der Waals surface area (Å²) >= 11 is 3.09. The molecule has 1 aromatic heterocycles. The summed E-state index contributed by atoms with van der Waals surface area (Å²) < 4.78 is 27.8. The molecule has 0 saturated carbocycles. The van der Waals surface area contributed by atoms with Crippen LogP contribution in [0.2, 0.25) is 0 Å². The normalized spacial score (nSPS) is 12.3. The monoisotopic (exact) mass is 535 g/mol. The fourth-order valence-corrected chi connectivity index (χ4v) is 6.59. The standard InChI is InChI=1S/C23H25N3O4S4/c1-31-13-11-18(16-27)25-26-23(28)21-10-9-19(14-22(21)17-6-3-2-4-7-17)33-34(29,30)24-15-20-8-5-12-32-20/h2-10,12,14,16,18,24-25H,11,13,15H2,1H3,(H,26,28). The van der Waals surface area contributed by atoms with E-state index in [1.165, 1.54) is 11.3 Å². The molecular formula is C23H25N3O4S4. The van der Waals surface area contributed by atoms with E-state index in [9.17, 15) is 18.0 Å². The van der Waals surface area contributed by atoms with Crippen molar-refractivity contribution in [2.75, 3.05) is 12.0 Å². The van der Waals surface area contributed by atoms with Crippen LogP contribution >= 0.6 is 33.9 Å². The predicted molar refractivity (Wildman–Crippen MR) is 141 cm³/mol. The molecule has 0 aliphatic rings. The molecule has 3 N–H and O–H groups in total. The minimum Gasteiger partial charge on any atom is -0.302 e. The fraction of sp³-hybridized carbons (Fsp3) is 0.217. The zero-order valence-corrected chi connectivity index (χ0v) is 21.7. The Morgan fingerprint density at radius 2 is 1.91 bits per heavy atom. The van der Waals surface area contributed by atoms with E-state index in [0.29, 0.717) is 33.2 Å². The molecule has 2 aromatic carbocycles. The quantitative estimate of drug-likeness (QED) is 0.172. The molecule has 3 aromatic rings. The largest absolute Gasteiger partial charge is 0.302 e. The Hall–Kier alpha value is -2.15.